The van der Waals surface area contributed by atoms with Crippen molar-refractivity contribution < 1.29 is 29.6 Å². The fraction of sp³-hybridized carbons (Fsp3) is 0.278. The van der Waals surface area contributed by atoms with Crippen molar-refractivity contribution in [3.05, 3.63) is 47.5 Å². The second kappa shape index (κ2) is 6.90. The molecule has 0 radical (unpaired) electrons. The summed E-state index contributed by atoms with van der Waals surface area (Å²) in [6.07, 6.45) is -1.03. The monoisotopic (exact) mass is 345 g/mol. The summed E-state index contributed by atoms with van der Waals surface area (Å²) in [6, 6.07) is 9.61. The molecule has 0 bridgehead atoms. The fourth-order valence-corrected chi connectivity index (χ4v) is 2.69. The van der Waals surface area contributed by atoms with Crippen molar-refractivity contribution in [3.63, 3.8) is 0 Å². The lowest BCUT2D eigenvalue weighted by Crippen LogP contribution is -2.46. The highest BCUT2D eigenvalue weighted by Gasteiger charge is 2.34. The number of ether oxygens (including phenoxy) is 2. The van der Waals surface area contributed by atoms with Crippen LogP contribution in [0.2, 0.25) is 0 Å². The number of carbonyl (C=O) groups is 1. The molecule has 25 heavy (non-hydrogen) atoms. The molecular formula is C18H19NO6. The summed E-state index contributed by atoms with van der Waals surface area (Å²) in [7, 11) is 0. The largest absolute Gasteiger partial charge is 0.504 e. The molecule has 0 unspecified atom stereocenters. The summed E-state index contributed by atoms with van der Waals surface area (Å²) >= 11 is 0. The number of phenols is 2. The van der Waals surface area contributed by atoms with Crippen molar-refractivity contribution in [2.24, 2.45) is 0 Å². The molecular weight excluding hydrogens is 326 g/mol. The summed E-state index contributed by atoms with van der Waals surface area (Å²) in [6.45, 7) is 1.39. The predicted octanol–water partition coefficient (Wildman–Crippen LogP) is 1.61. The van der Waals surface area contributed by atoms with E-state index in [9.17, 15) is 15.0 Å². The molecule has 0 saturated heterocycles. The van der Waals surface area contributed by atoms with Gasteiger partial charge in [-0.25, -0.2) is 0 Å². The van der Waals surface area contributed by atoms with Gasteiger partial charge in [-0.3, -0.25) is 4.79 Å². The van der Waals surface area contributed by atoms with Crippen LogP contribution in [0.25, 0.3) is 0 Å². The van der Waals surface area contributed by atoms with E-state index < -0.39 is 12.3 Å². The number of hydrogen-bond acceptors (Lipinski definition) is 6. The van der Waals surface area contributed by atoms with E-state index in [2.05, 4.69) is 5.32 Å². The lowest BCUT2D eigenvalue weighted by atomic mass is 10.0. The zero-order valence-corrected chi connectivity index (χ0v) is 13.6. The summed E-state index contributed by atoms with van der Waals surface area (Å²) in [5.41, 5.74) is 1.42. The predicted molar refractivity (Wildman–Crippen MR) is 88.6 cm³/mol. The number of aliphatic hydroxyl groups is 1. The zero-order valence-electron chi connectivity index (χ0n) is 13.6. The highest BCUT2D eigenvalue weighted by molar-refractivity contribution is 5.73. The first-order chi connectivity index (χ1) is 12.0. The maximum absolute atomic E-state index is 11.5. The van der Waals surface area contributed by atoms with Gasteiger partial charge in [0.2, 0.25) is 12.1 Å². The molecule has 0 saturated carbocycles. The molecule has 4 N–H and O–H groups in total. The first kappa shape index (κ1) is 16.9. The molecule has 2 aromatic rings. The number of aliphatic hydroxyl groups excluding tert-OH is 1. The second-order valence-electron chi connectivity index (χ2n) is 5.78. The standard InChI is InChI=1S/C18H19NO6/c1-10(21)19-18-17(12-3-4-13(22)14(23)9-12)24-15-5-2-11(6-7-20)8-16(15)25-18/h2-5,8-9,17-18,20,22-23H,6-7H2,1H3,(H,19,21)/t17-,18+/m0/s1. The Morgan fingerprint density at radius 3 is 2.56 bits per heavy atom. The maximum atomic E-state index is 11.5. The Bertz CT molecular complexity index is 791. The minimum atomic E-state index is -0.807. The van der Waals surface area contributed by atoms with Crippen molar-refractivity contribution in [1.29, 1.82) is 0 Å². The van der Waals surface area contributed by atoms with Gasteiger partial charge in [0, 0.05) is 19.1 Å². The van der Waals surface area contributed by atoms with Crippen LogP contribution in [-0.4, -0.2) is 34.1 Å². The van der Waals surface area contributed by atoms with Crippen LogP contribution in [0.3, 0.4) is 0 Å². The van der Waals surface area contributed by atoms with Gasteiger partial charge >= 0.3 is 0 Å². The van der Waals surface area contributed by atoms with Gasteiger partial charge < -0.3 is 30.1 Å². The molecule has 0 spiro atoms. The van der Waals surface area contributed by atoms with Crippen LogP contribution in [0.15, 0.2) is 36.4 Å². The normalized spacial score (nSPS) is 18.6. The van der Waals surface area contributed by atoms with Crippen LogP contribution in [0.4, 0.5) is 0 Å². The Balaban J connectivity index is 1.96. The highest BCUT2D eigenvalue weighted by atomic mass is 16.6. The molecule has 1 heterocycles. The molecule has 7 heteroatoms. The SMILES string of the molecule is CC(=O)N[C@@H]1Oc2cc(CCO)ccc2O[C@H]1c1ccc(O)c(O)c1. The average molecular weight is 345 g/mol. The van der Waals surface area contributed by atoms with E-state index in [0.29, 0.717) is 23.5 Å². The number of benzene rings is 2. The van der Waals surface area contributed by atoms with E-state index in [4.69, 9.17) is 14.6 Å². The Labute approximate surface area is 144 Å². The highest BCUT2D eigenvalue weighted by Crippen LogP contribution is 2.40. The number of carbonyl (C=O) groups excluding carboxylic acids is 1. The van der Waals surface area contributed by atoms with E-state index in [1.54, 1.807) is 18.2 Å². The van der Waals surface area contributed by atoms with Gasteiger partial charge in [-0.1, -0.05) is 12.1 Å². The van der Waals surface area contributed by atoms with Crippen molar-refractivity contribution >= 4 is 5.91 Å². The third kappa shape index (κ3) is 3.61. The number of phenolic OH excluding ortho intramolecular Hbond substituents is 2. The Kier molecular flexibility index (Phi) is 4.67. The summed E-state index contributed by atoms with van der Waals surface area (Å²) < 4.78 is 11.8. The van der Waals surface area contributed by atoms with E-state index in [-0.39, 0.29) is 24.0 Å². The van der Waals surface area contributed by atoms with Crippen LogP contribution >= 0.6 is 0 Å². The molecule has 0 aromatic heterocycles. The van der Waals surface area contributed by atoms with Crippen LogP contribution < -0.4 is 14.8 Å². The van der Waals surface area contributed by atoms with E-state index in [1.807, 2.05) is 6.07 Å². The maximum Gasteiger partial charge on any atom is 0.219 e. The molecule has 7 nitrogen and oxygen atoms in total. The minimum Gasteiger partial charge on any atom is -0.504 e. The van der Waals surface area contributed by atoms with Gasteiger partial charge in [-0.2, -0.15) is 0 Å². The fourth-order valence-electron chi connectivity index (χ4n) is 2.69. The van der Waals surface area contributed by atoms with Gasteiger partial charge in [0.25, 0.3) is 0 Å². The number of hydrogen-bond donors (Lipinski definition) is 4. The number of fused-ring (bicyclic) bond motifs is 1. The van der Waals surface area contributed by atoms with Crippen LogP contribution in [0.5, 0.6) is 23.0 Å². The number of aromatic hydroxyl groups is 2. The summed E-state index contributed by atoms with van der Waals surface area (Å²) in [5.74, 6) is 0.124. The first-order valence-electron chi connectivity index (χ1n) is 7.84. The molecule has 2 atom stereocenters. The van der Waals surface area contributed by atoms with Gasteiger partial charge in [-0.15, -0.1) is 0 Å². The van der Waals surface area contributed by atoms with Gasteiger partial charge in [-0.05, 0) is 36.2 Å². The number of amides is 1. The smallest absolute Gasteiger partial charge is 0.219 e. The minimum absolute atomic E-state index is 0.0180. The van der Waals surface area contributed by atoms with Crippen LogP contribution in [0.1, 0.15) is 24.2 Å². The second-order valence-corrected chi connectivity index (χ2v) is 5.78. The molecule has 0 aliphatic carbocycles. The molecule has 0 fully saturated rings. The Morgan fingerprint density at radius 1 is 1.08 bits per heavy atom. The zero-order chi connectivity index (χ0) is 18.0. The Morgan fingerprint density at radius 2 is 1.88 bits per heavy atom. The van der Waals surface area contributed by atoms with E-state index in [0.717, 1.165) is 5.56 Å². The molecule has 132 valence electrons. The Hall–Kier alpha value is -2.93. The quantitative estimate of drug-likeness (QED) is 0.627. The molecule has 2 aromatic carbocycles. The van der Waals surface area contributed by atoms with Crippen molar-refractivity contribution in [2.75, 3.05) is 6.61 Å². The van der Waals surface area contributed by atoms with Gasteiger partial charge in [0.15, 0.2) is 29.1 Å². The topological polar surface area (TPSA) is 108 Å². The molecule has 3 rings (SSSR count). The van der Waals surface area contributed by atoms with Crippen molar-refractivity contribution in [3.8, 4) is 23.0 Å². The van der Waals surface area contributed by atoms with E-state index >= 15 is 0 Å². The van der Waals surface area contributed by atoms with Crippen LogP contribution in [0, 0.1) is 0 Å². The molecule has 1 aliphatic heterocycles. The van der Waals surface area contributed by atoms with Crippen molar-refractivity contribution in [1.82, 2.24) is 5.32 Å². The van der Waals surface area contributed by atoms with Crippen molar-refractivity contribution in [2.45, 2.75) is 25.7 Å². The summed E-state index contributed by atoms with van der Waals surface area (Å²) in [5, 5.41) is 30.9. The van der Waals surface area contributed by atoms with E-state index in [1.165, 1.54) is 19.1 Å². The first-order valence-corrected chi connectivity index (χ1v) is 7.84. The average Bonchev–Trinajstić information content (AvgIpc) is 2.56. The number of nitrogens with one attached hydrogen (secondary N) is 1. The lowest BCUT2D eigenvalue weighted by Gasteiger charge is -2.34. The third-order valence-corrected chi connectivity index (χ3v) is 3.86. The van der Waals surface area contributed by atoms with Gasteiger partial charge in [0.05, 0.1) is 0 Å². The molecule has 1 amide bonds. The number of rotatable bonds is 4. The summed E-state index contributed by atoms with van der Waals surface area (Å²) in [4.78, 5) is 11.5. The molecule has 1 aliphatic rings. The lowest BCUT2D eigenvalue weighted by molar-refractivity contribution is -0.124. The van der Waals surface area contributed by atoms with Gasteiger partial charge in [0.1, 0.15) is 0 Å². The third-order valence-electron chi connectivity index (χ3n) is 3.86. The van der Waals surface area contributed by atoms with Crippen LogP contribution in [-0.2, 0) is 11.2 Å².